The number of carbonyl (C=O) groups excluding carboxylic acids is 2. The highest BCUT2D eigenvalue weighted by Crippen LogP contribution is 2.15. The molecule has 4 N–H and O–H groups in total. The normalized spacial score (nSPS) is 14.8. The SMILES string of the molecule is NC(=O)c1ncn2c1CN(C(N)=O)CC2. The highest BCUT2D eigenvalue weighted by molar-refractivity contribution is 5.92. The van der Waals surface area contributed by atoms with Crippen molar-refractivity contribution in [3.05, 3.63) is 17.7 Å². The Balaban J connectivity index is 2.34. The molecule has 0 aliphatic carbocycles. The number of carbonyl (C=O) groups is 2. The standard InChI is InChI=1S/C8H11N5O2/c9-7(14)6-5-3-12(8(10)15)1-2-13(5)4-11-6/h4H,1-3H2,(H2,9,14)(H2,10,15). The van der Waals surface area contributed by atoms with E-state index in [1.165, 1.54) is 4.90 Å². The fourth-order valence-electron chi connectivity index (χ4n) is 1.65. The molecule has 2 heterocycles. The van der Waals surface area contributed by atoms with E-state index in [9.17, 15) is 9.59 Å². The highest BCUT2D eigenvalue weighted by Gasteiger charge is 2.24. The molecule has 0 aromatic carbocycles. The van der Waals surface area contributed by atoms with Gasteiger partial charge in [-0.05, 0) is 0 Å². The molecule has 3 amide bonds. The van der Waals surface area contributed by atoms with E-state index >= 15 is 0 Å². The Labute approximate surface area is 85.7 Å². The zero-order chi connectivity index (χ0) is 11.0. The smallest absolute Gasteiger partial charge is 0.315 e. The lowest BCUT2D eigenvalue weighted by Gasteiger charge is -2.26. The zero-order valence-corrected chi connectivity index (χ0v) is 8.01. The van der Waals surface area contributed by atoms with Gasteiger partial charge in [-0.1, -0.05) is 0 Å². The number of hydrogen-bond donors (Lipinski definition) is 2. The van der Waals surface area contributed by atoms with E-state index in [1.807, 2.05) is 0 Å². The number of urea groups is 1. The van der Waals surface area contributed by atoms with Gasteiger partial charge in [-0.15, -0.1) is 0 Å². The van der Waals surface area contributed by atoms with Crippen LogP contribution in [0.4, 0.5) is 4.79 Å². The Bertz CT molecular complexity index is 425. The predicted molar refractivity (Wildman–Crippen MR) is 50.7 cm³/mol. The van der Waals surface area contributed by atoms with Crippen molar-refractivity contribution < 1.29 is 9.59 Å². The average Bonchev–Trinajstić information content (AvgIpc) is 2.59. The van der Waals surface area contributed by atoms with Crippen LogP contribution < -0.4 is 11.5 Å². The molecule has 0 bridgehead atoms. The first-order valence-corrected chi connectivity index (χ1v) is 4.48. The molecule has 0 fully saturated rings. The van der Waals surface area contributed by atoms with Gasteiger partial charge in [0.15, 0.2) is 5.69 Å². The van der Waals surface area contributed by atoms with Gasteiger partial charge in [-0.3, -0.25) is 4.79 Å². The van der Waals surface area contributed by atoms with Gasteiger partial charge in [-0.2, -0.15) is 0 Å². The van der Waals surface area contributed by atoms with Gasteiger partial charge in [0, 0.05) is 13.1 Å². The number of amides is 3. The molecular formula is C8H11N5O2. The largest absolute Gasteiger partial charge is 0.364 e. The summed E-state index contributed by atoms with van der Waals surface area (Å²) < 4.78 is 1.81. The number of rotatable bonds is 1. The summed E-state index contributed by atoms with van der Waals surface area (Å²) in [7, 11) is 0. The van der Waals surface area contributed by atoms with Gasteiger partial charge in [-0.25, -0.2) is 9.78 Å². The lowest BCUT2D eigenvalue weighted by atomic mass is 10.2. The number of nitrogens with two attached hydrogens (primary N) is 2. The molecule has 2 rings (SSSR count). The second-order valence-electron chi connectivity index (χ2n) is 3.36. The highest BCUT2D eigenvalue weighted by atomic mass is 16.2. The van der Waals surface area contributed by atoms with Crippen LogP contribution in [-0.2, 0) is 13.1 Å². The van der Waals surface area contributed by atoms with Gasteiger partial charge < -0.3 is 20.9 Å². The van der Waals surface area contributed by atoms with E-state index in [-0.39, 0.29) is 12.2 Å². The minimum atomic E-state index is -0.588. The van der Waals surface area contributed by atoms with Crippen molar-refractivity contribution in [3.63, 3.8) is 0 Å². The van der Waals surface area contributed by atoms with Crippen LogP contribution in [0, 0.1) is 0 Å². The molecule has 1 aliphatic heterocycles. The van der Waals surface area contributed by atoms with E-state index in [1.54, 1.807) is 10.9 Å². The summed E-state index contributed by atoms with van der Waals surface area (Å²) in [5.74, 6) is -0.588. The van der Waals surface area contributed by atoms with Crippen LogP contribution in [-0.4, -0.2) is 32.9 Å². The molecule has 15 heavy (non-hydrogen) atoms. The lowest BCUT2D eigenvalue weighted by molar-refractivity contribution is 0.0992. The monoisotopic (exact) mass is 209 g/mol. The van der Waals surface area contributed by atoms with Crippen LogP contribution in [0.1, 0.15) is 16.2 Å². The van der Waals surface area contributed by atoms with Crippen molar-refractivity contribution in [2.75, 3.05) is 6.54 Å². The van der Waals surface area contributed by atoms with Gasteiger partial charge in [0.2, 0.25) is 0 Å². The predicted octanol–water partition coefficient (Wildman–Crippen LogP) is -1.12. The van der Waals surface area contributed by atoms with E-state index < -0.39 is 11.9 Å². The number of aromatic nitrogens is 2. The minimum absolute atomic E-state index is 0.209. The van der Waals surface area contributed by atoms with E-state index in [4.69, 9.17) is 11.5 Å². The number of nitrogens with zero attached hydrogens (tertiary/aromatic N) is 3. The summed E-state index contributed by atoms with van der Waals surface area (Å²) in [5, 5.41) is 0. The number of hydrogen-bond acceptors (Lipinski definition) is 3. The fraction of sp³-hybridized carbons (Fsp3) is 0.375. The topological polar surface area (TPSA) is 107 Å². The van der Waals surface area contributed by atoms with Gasteiger partial charge in [0.1, 0.15) is 0 Å². The molecule has 1 aliphatic rings. The van der Waals surface area contributed by atoms with Crippen LogP contribution in [0.5, 0.6) is 0 Å². The fourth-order valence-corrected chi connectivity index (χ4v) is 1.65. The van der Waals surface area contributed by atoms with E-state index in [2.05, 4.69) is 4.98 Å². The third kappa shape index (κ3) is 1.51. The molecule has 7 nitrogen and oxygen atoms in total. The Morgan fingerprint density at radius 2 is 2.07 bits per heavy atom. The zero-order valence-electron chi connectivity index (χ0n) is 8.01. The van der Waals surface area contributed by atoms with Gasteiger partial charge in [0.25, 0.3) is 5.91 Å². The first kappa shape index (κ1) is 9.50. The third-order valence-corrected chi connectivity index (χ3v) is 2.44. The molecule has 1 aromatic rings. The summed E-state index contributed by atoms with van der Waals surface area (Å²) >= 11 is 0. The summed E-state index contributed by atoms with van der Waals surface area (Å²) in [4.78, 5) is 27.3. The molecule has 1 aromatic heterocycles. The van der Waals surface area contributed by atoms with Crippen LogP contribution >= 0.6 is 0 Å². The van der Waals surface area contributed by atoms with Crippen LogP contribution in [0.3, 0.4) is 0 Å². The van der Waals surface area contributed by atoms with Crippen molar-refractivity contribution in [3.8, 4) is 0 Å². The second kappa shape index (κ2) is 3.26. The maximum absolute atomic E-state index is 11.0. The summed E-state index contributed by atoms with van der Waals surface area (Å²) in [6.45, 7) is 1.39. The van der Waals surface area contributed by atoms with Crippen molar-refractivity contribution in [2.24, 2.45) is 11.5 Å². The summed E-state index contributed by atoms with van der Waals surface area (Å²) in [6, 6.07) is -0.502. The van der Waals surface area contributed by atoms with Crippen molar-refractivity contribution in [2.45, 2.75) is 13.1 Å². The Morgan fingerprint density at radius 3 is 2.67 bits per heavy atom. The van der Waals surface area contributed by atoms with Crippen molar-refractivity contribution in [1.82, 2.24) is 14.5 Å². The minimum Gasteiger partial charge on any atom is -0.364 e. The Hall–Kier alpha value is -2.05. The molecule has 0 saturated heterocycles. The van der Waals surface area contributed by atoms with Crippen LogP contribution in [0.25, 0.3) is 0 Å². The molecular weight excluding hydrogens is 198 g/mol. The number of fused-ring (bicyclic) bond motifs is 1. The molecule has 80 valence electrons. The summed E-state index contributed by atoms with van der Waals surface area (Å²) in [6.07, 6.45) is 1.55. The van der Waals surface area contributed by atoms with Crippen LogP contribution in [0.15, 0.2) is 6.33 Å². The number of imidazole rings is 1. The first-order chi connectivity index (χ1) is 7.09. The molecule has 0 spiro atoms. The maximum atomic E-state index is 11.0. The van der Waals surface area contributed by atoms with Crippen molar-refractivity contribution in [1.29, 1.82) is 0 Å². The van der Waals surface area contributed by atoms with Crippen molar-refractivity contribution >= 4 is 11.9 Å². The second-order valence-corrected chi connectivity index (χ2v) is 3.36. The van der Waals surface area contributed by atoms with Crippen LogP contribution in [0.2, 0.25) is 0 Å². The average molecular weight is 209 g/mol. The molecule has 0 unspecified atom stereocenters. The maximum Gasteiger partial charge on any atom is 0.315 e. The molecule has 7 heteroatoms. The Kier molecular flexibility index (Phi) is 2.07. The molecule has 0 saturated carbocycles. The first-order valence-electron chi connectivity index (χ1n) is 4.48. The van der Waals surface area contributed by atoms with E-state index in [0.717, 1.165) is 0 Å². The molecule has 0 atom stereocenters. The van der Waals surface area contributed by atoms with Gasteiger partial charge >= 0.3 is 6.03 Å². The third-order valence-electron chi connectivity index (χ3n) is 2.44. The molecule has 0 radical (unpaired) electrons. The quantitative estimate of drug-likeness (QED) is 0.611. The summed E-state index contributed by atoms with van der Waals surface area (Å²) in [5.41, 5.74) is 11.2. The van der Waals surface area contributed by atoms with Gasteiger partial charge in [0.05, 0.1) is 18.6 Å². The van der Waals surface area contributed by atoms with E-state index in [0.29, 0.717) is 18.8 Å². The lowest BCUT2D eigenvalue weighted by Crippen LogP contribution is -2.41. The number of primary amides is 2. The Morgan fingerprint density at radius 1 is 1.33 bits per heavy atom.